The second-order valence-corrected chi connectivity index (χ2v) is 7.27. The van der Waals surface area contributed by atoms with Crippen LogP contribution in [-0.2, 0) is 10.2 Å². The van der Waals surface area contributed by atoms with Crippen LogP contribution in [0.1, 0.15) is 43.9 Å². The monoisotopic (exact) mass is 324 g/mol. The summed E-state index contributed by atoms with van der Waals surface area (Å²) in [5, 5.41) is 6.40. The molecule has 0 aliphatic heterocycles. The molecule has 1 amide bonds. The molecule has 2 aromatic rings. The fourth-order valence-electron chi connectivity index (χ4n) is 2.70. The van der Waals surface area contributed by atoms with Gasteiger partial charge in [0.1, 0.15) is 0 Å². The highest BCUT2D eigenvalue weighted by molar-refractivity contribution is 5.91. The van der Waals surface area contributed by atoms with Crippen molar-refractivity contribution in [1.82, 2.24) is 0 Å². The number of carbonyl (C=O) groups is 1. The van der Waals surface area contributed by atoms with E-state index in [1.54, 1.807) is 0 Å². The van der Waals surface area contributed by atoms with Gasteiger partial charge in [0.15, 0.2) is 0 Å². The van der Waals surface area contributed by atoms with E-state index in [0.29, 0.717) is 13.0 Å². The quantitative estimate of drug-likeness (QED) is 0.809. The number of benzene rings is 2. The highest BCUT2D eigenvalue weighted by atomic mass is 16.1. The topological polar surface area (TPSA) is 41.1 Å². The smallest absolute Gasteiger partial charge is 0.226 e. The van der Waals surface area contributed by atoms with Gasteiger partial charge in [-0.15, -0.1) is 0 Å². The Kier molecular flexibility index (Phi) is 5.66. The van der Waals surface area contributed by atoms with E-state index in [4.69, 9.17) is 0 Å². The van der Waals surface area contributed by atoms with Gasteiger partial charge in [-0.3, -0.25) is 4.79 Å². The number of aryl methyl sites for hydroxylation is 1. The van der Waals surface area contributed by atoms with Gasteiger partial charge in [0.2, 0.25) is 5.91 Å². The highest BCUT2D eigenvalue weighted by Gasteiger charge is 2.17. The van der Waals surface area contributed by atoms with E-state index in [1.807, 2.05) is 25.1 Å². The lowest BCUT2D eigenvalue weighted by molar-refractivity contribution is -0.115. The van der Waals surface area contributed by atoms with E-state index < -0.39 is 0 Å². The van der Waals surface area contributed by atoms with Gasteiger partial charge in [0.25, 0.3) is 0 Å². The first kappa shape index (κ1) is 18.1. The van der Waals surface area contributed by atoms with E-state index in [0.717, 1.165) is 16.9 Å². The maximum Gasteiger partial charge on any atom is 0.226 e. The fraction of sp³-hybridized carbons (Fsp3) is 0.381. The molecule has 0 saturated carbocycles. The van der Waals surface area contributed by atoms with Crippen LogP contribution >= 0.6 is 0 Å². The zero-order valence-electron chi connectivity index (χ0n) is 15.4. The average molecular weight is 324 g/mol. The molecule has 3 heteroatoms. The number of para-hydroxylation sites is 1. The molecule has 0 radical (unpaired) electrons. The normalized spacial score (nSPS) is 11.2. The summed E-state index contributed by atoms with van der Waals surface area (Å²) in [5.74, 6) is 0.0319. The van der Waals surface area contributed by atoms with E-state index in [1.165, 1.54) is 11.1 Å². The third-order valence-electron chi connectivity index (χ3n) is 4.28. The van der Waals surface area contributed by atoms with Crippen LogP contribution in [0.4, 0.5) is 11.4 Å². The Morgan fingerprint density at radius 1 is 0.958 bits per heavy atom. The Labute approximate surface area is 145 Å². The Bertz CT molecular complexity index is 714. The molecule has 0 atom stereocenters. The maximum atomic E-state index is 12.2. The van der Waals surface area contributed by atoms with E-state index in [2.05, 4.69) is 62.6 Å². The first-order chi connectivity index (χ1) is 11.3. The van der Waals surface area contributed by atoms with Gasteiger partial charge >= 0.3 is 0 Å². The minimum atomic E-state index is 0.0319. The molecule has 0 saturated heterocycles. The molecular weight excluding hydrogens is 296 g/mol. The van der Waals surface area contributed by atoms with Crippen molar-refractivity contribution < 1.29 is 4.79 Å². The zero-order chi connectivity index (χ0) is 17.7. The highest BCUT2D eigenvalue weighted by Crippen LogP contribution is 2.29. The van der Waals surface area contributed by atoms with Crippen LogP contribution in [0.3, 0.4) is 0 Å². The molecule has 0 aliphatic carbocycles. The molecule has 0 heterocycles. The van der Waals surface area contributed by atoms with Crippen LogP contribution in [0, 0.1) is 13.8 Å². The summed E-state index contributed by atoms with van der Waals surface area (Å²) in [5.41, 5.74) is 5.64. The van der Waals surface area contributed by atoms with Gasteiger partial charge in [-0.25, -0.2) is 0 Å². The van der Waals surface area contributed by atoms with Crippen molar-refractivity contribution in [2.45, 2.75) is 46.5 Å². The molecule has 2 rings (SSSR count). The van der Waals surface area contributed by atoms with Crippen LogP contribution < -0.4 is 10.6 Å². The van der Waals surface area contributed by atoms with Gasteiger partial charge < -0.3 is 10.6 Å². The second-order valence-electron chi connectivity index (χ2n) is 7.27. The lowest BCUT2D eigenvalue weighted by atomic mass is 9.86. The standard InChI is InChI=1S/C21H28N2O/c1-15-9-8-12-18(16(15)2)23-20(24)13-14-22-19-11-7-6-10-17(19)21(3,4)5/h6-12,22H,13-14H2,1-5H3,(H,23,24). The Hall–Kier alpha value is -2.29. The first-order valence-electron chi connectivity index (χ1n) is 8.48. The van der Waals surface area contributed by atoms with Crippen LogP contribution in [0.5, 0.6) is 0 Å². The predicted molar refractivity (Wildman–Crippen MR) is 103 cm³/mol. The van der Waals surface area contributed by atoms with Crippen molar-refractivity contribution in [3.63, 3.8) is 0 Å². The van der Waals surface area contributed by atoms with Crippen molar-refractivity contribution >= 4 is 17.3 Å². The summed E-state index contributed by atoms with van der Waals surface area (Å²) in [6.07, 6.45) is 0.436. The van der Waals surface area contributed by atoms with Crippen molar-refractivity contribution in [3.8, 4) is 0 Å². The number of hydrogen-bond donors (Lipinski definition) is 2. The molecule has 128 valence electrons. The molecule has 3 nitrogen and oxygen atoms in total. The molecule has 2 aromatic carbocycles. The second kappa shape index (κ2) is 7.52. The predicted octanol–water partition coefficient (Wildman–Crippen LogP) is 5.04. The van der Waals surface area contributed by atoms with Gasteiger partial charge in [0, 0.05) is 24.3 Å². The van der Waals surface area contributed by atoms with Crippen LogP contribution in [-0.4, -0.2) is 12.5 Å². The number of nitrogens with one attached hydrogen (secondary N) is 2. The first-order valence-corrected chi connectivity index (χ1v) is 8.48. The molecule has 24 heavy (non-hydrogen) atoms. The van der Waals surface area contributed by atoms with Crippen molar-refractivity contribution in [2.75, 3.05) is 17.2 Å². The Morgan fingerprint density at radius 3 is 2.33 bits per heavy atom. The number of anilines is 2. The molecular formula is C21H28N2O. The van der Waals surface area contributed by atoms with E-state index >= 15 is 0 Å². The van der Waals surface area contributed by atoms with Gasteiger partial charge in [-0.05, 0) is 48.1 Å². The van der Waals surface area contributed by atoms with Crippen LogP contribution in [0.25, 0.3) is 0 Å². The van der Waals surface area contributed by atoms with Crippen molar-refractivity contribution in [3.05, 3.63) is 59.2 Å². The summed E-state index contributed by atoms with van der Waals surface area (Å²) in [6.45, 7) is 11.3. The lowest BCUT2D eigenvalue weighted by Crippen LogP contribution is -2.19. The number of hydrogen-bond acceptors (Lipinski definition) is 2. The van der Waals surface area contributed by atoms with Crippen molar-refractivity contribution in [1.29, 1.82) is 0 Å². The molecule has 0 unspecified atom stereocenters. The molecule has 0 fully saturated rings. The molecule has 2 N–H and O–H groups in total. The van der Waals surface area contributed by atoms with Gasteiger partial charge in [-0.1, -0.05) is 51.1 Å². The molecule has 0 bridgehead atoms. The summed E-state index contributed by atoms with van der Waals surface area (Å²) >= 11 is 0. The molecule has 0 aromatic heterocycles. The summed E-state index contributed by atoms with van der Waals surface area (Å²) in [6, 6.07) is 14.3. The van der Waals surface area contributed by atoms with Crippen molar-refractivity contribution in [2.24, 2.45) is 0 Å². The fourth-order valence-corrected chi connectivity index (χ4v) is 2.70. The van der Waals surface area contributed by atoms with Gasteiger partial charge in [-0.2, -0.15) is 0 Å². The van der Waals surface area contributed by atoms with E-state index in [-0.39, 0.29) is 11.3 Å². The van der Waals surface area contributed by atoms with E-state index in [9.17, 15) is 4.79 Å². The Balaban J connectivity index is 1.93. The van der Waals surface area contributed by atoms with Crippen LogP contribution in [0.15, 0.2) is 42.5 Å². The van der Waals surface area contributed by atoms with Gasteiger partial charge in [0.05, 0.1) is 0 Å². The summed E-state index contributed by atoms with van der Waals surface area (Å²) in [4.78, 5) is 12.2. The Morgan fingerprint density at radius 2 is 1.62 bits per heavy atom. The average Bonchev–Trinajstić information content (AvgIpc) is 2.51. The maximum absolute atomic E-state index is 12.2. The third kappa shape index (κ3) is 4.60. The third-order valence-corrected chi connectivity index (χ3v) is 4.28. The number of rotatable bonds is 5. The number of amides is 1. The van der Waals surface area contributed by atoms with Crippen LogP contribution in [0.2, 0.25) is 0 Å². The number of carbonyl (C=O) groups excluding carboxylic acids is 1. The molecule has 0 aliphatic rings. The largest absolute Gasteiger partial charge is 0.384 e. The summed E-state index contributed by atoms with van der Waals surface area (Å²) in [7, 11) is 0. The minimum Gasteiger partial charge on any atom is -0.384 e. The zero-order valence-corrected chi connectivity index (χ0v) is 15.4. The molecule has 0 spiro atoms. The lowest BCUT2D eigenvalue weighted by Gasteiger charge is -2.23. The SMILES string of the molecule is Cc1cccc(NC(=O)CCNc2ccccc2C(C)(C)C)c1C. The summed E-state index contributed by atoms with van der Waals surface area (Å²) < 4.78 is 0. The minimum absolute atomic E-state index is 0.0319.